The molecule has 5 heteroatoms. The van der Waals surface area contributed by atoms with Gasteiger partial charge in [-0.05, 0) is 24.3 Å². The van der Waals surface area contributed by atoms with E-state index in [-0.39, 0.29) is 11.3 Å². The second kappa shape index (κ2) is 3.84. The number of halogens is 2. The van der Waals surface area contributed by atoms with Crippen LogP contribution in [0.3, 0.4) is 0 Å². The Morgan fingerprint density at radius 2 is 2.06 bits per heavy atom. The number of aldehydes is 1. The van der Waals surface area contributed by atoms with Crippen LogP contribution >= 0.6 is 0 Å². The minimum Gasteiger partial charge on any atom is -0.296 e. The summed E-state index contributed by atoms with van der Waals surface area (Å²) in [4.78, 5) is 10.6. The molecule has 1 aromatic heterocycles. The number of hydrogen-bond acceptors (Lipinski definition) is 2. The van der Waals surface area contributed by atoms with Crippen LogP contribution < -0.4 is 0 Å². The molecule has 0 N–H and O–H groups in total. The van der Waals surface area contributed by atoms with Crippen molar-refractivity contribution in [1.82, 2.24) is 9.78 Å². The van der Waals surface area contributed by atoms with Crippen molar-refractivity contribution in [2.45, 2.75) is 0 Å². The molecule has 0 fully saturated rings. The Hall–Kier alpha value is -2.04. The normalized spacial score (nSPS) is 10.4. The number of hydrogen-bond donors (Lipinski definition) is 0. The van der Waals surface area contributed by atoms with Gasteiger partial charge >= 0.3 is 0 Å². The van der Waals surface area contributed by atoms with E-state index in [2.05, 4.69) is 5.10 Å². The zero-order chi connectivity index (χ0) is 11.7. The maximum Gasteiger partial charge on any atom is 0.168 e. The van der Waals surface area contributed by atoms with Gasteiger partial charge in [0.05, 0.1) is 5.69 Å². The Kier molecular flexibility index (Phi) is 2.52. The van der Waals surface area contributed by atoms with Crippen LogP contribution in [0.4, 0.5) is 8.78 Å². The number of aromatic nitrogens is 2. The highest BCUT2D eigenvalue weighted by molar-refractivity contribution is 5.75. The summed E-state index contributed by atoms with van der Waals surface area (Å²) < 4.78 is 27.7. The van der Waals surface area contributed by atoms with E-state index < -0.39 is 11.6 Å². The number of benzene rings is 1. The molecule has 0 bridgehead atoms. The molecule has 16 heavy (non-hydrogen) atoms. The average molecular weight is 222 g/mol. The first-order chi connectivity index (χ1) is 7.61. The van der Waals surface area contributed by atoms with Crippen molar-refractivity contribution < 1.29 is 13.6 Å². The van der Waals surface area contributed by atoms with Crippen LogP contribution in [0.2, 0.25) is 0 Å². The zero-order valence-electron chi connectivity index (χ0n) is 8.45. The molecule has 0 saturated heterocycles. The summed E-state index contributed by atoms with van der Waals surface area (Å²) in [6, 6.07) is 4.51. The third-order valence-electron chi connectivity index (χ3n) is 2.24. The number of carbonyl (C=O) groups is 1. The lowest BCUT2D eigenvalue weighted by atomic mass is 10.1. The van der Waals surface area contributed by atoms with Crippen LogP contribution in [-0.2, 0) is 7.05 Å². The van der Waals surface area contributed by atoms with Gasteiger partial charge in [0, 0.05) is 12.6 Å². The Balaban J connectivity index is 2.57. The molecule has 1 heterocycles. The summed E-state index contributed by atoms with van der Waals surface area (Å²) in [5.41, 5.74) is 0.587. The molecule has 0 amide bonds. The third-order valence-corrected chi connectivity index (χ3v) is 2.24. The molecule has 0 atom stereocenters. The summed E-state index contributed by atoms with van der Waals surface area (Å²) >= 11 is 0. The van der Waals surface area contributed by atoms with Gasteiger partial charge in [-0.25, -0.2) is 8.78 Å². The second-order valence-electron chi connectivity index (χ2n) is 3.32. The van der Waals surface area contributed by atoms with E-state index in [9.17, 15) is 13.6 Å². The van der Waals surface area contributed by atoms with Gasteiger partial charge in [-0.3, -0.25) is 9.48 Å². The molecule has 3 nitrogen and oxygen atoms in total. The first-order valence-electron chi connectivity index (χ1n) is 4.56. The van der Waals surface area contributed by atoms with Gasteiger partial charge < -0.3 is 0 Å². The van der Waals surface area contributed by atoms with Gasteiger partial charge in [0.25, 0.3) is 0 Å². The lowest BCUT2D eigenvalue weighted by Crippen LogP contribution is -1.96. The number of carbonyl (C=O) groups excluding carboxylic acids is 1. The molecular formula is C11H8F2N2O. The van der Waals surface area contributed by atoms with E-state index in [4.69, 9.17) is 0 Å². The second-order valence-corrected chi connectivity index (χ2v) is 3.32. The molecule has 2 aromatic rings. The van der Waals surface area contributed by atoms with E-state index >= 15 is 0 Å². The number of rotatable bonds is 2. The van der Waals surface area contributed by atoms with Crippen LogP contribution in [0.15, 0.2) is 24.3 Å². The van der Waals surface area contributed by atoms with E-state index in [0.717, 1.165) is 18.2 Å². The monoisotopic (exact) mass is 222 g/mol. The van der Waals surface area contributed by atoms with Crippen molar-refractivity contribution >= 4 is 6.29 Å². The molecule has 0 aliphatic carbocycles. The van der Waals surface area contributed by atoms with E-state index in [0.29, 0.717) is 12.0 Å². The standard InChI is InChI=1S/C11H8F2N2O/c1-15-8(6-16)5-11(14-15)9-4-7(12)2-3-10(9)13/h2-6H,1H3. The maximum atomic E-state index is 13.4. The first kappa shape index (κ1) is 10.5. The summed E-state index contributed by atoms with van der Waals surface area (Å²) in [6.07, 6.45) is 0.605. The Morgan fingerprint density at radius 3 is 2.69 bits per heavy atom. The molecule has 1 aromatic carbocycles. The predicted octanol–water partition coefficient (Wildman–Crippen LogP) is 2.18. The highest BCUT2D eigenvalue weighted by atomic mass is 19.1. The third kappa shape index (κ3) is 1.71. The fraction of sp³-hybridized carbons (Fsp3) is 0.0909. The first-order valence-corrected chi connectivity index (χ1v) is 4.56. The van der Waals surface area contributed by atoms with Gasteiger partial charge in [0.2, 0.25) is 0 Å². The fourth-order valence-electron chi connectivity index (χ4n) is 1.42. The lowest BCUT2D eigenvalue weighted by molar-refractivity contribution is 0.111. The molecule has 0 aliphatic heterocycles. The SMILES string of the molecule is Cn1nc(-c2cc(F)ccc2F)cc1C=O. The van der Waals surface area contributed by atoms with Crippen LogP contribution in [0.5, 0.6) is 0 Å². The van der Waals surface area contributed by atoms with Gasteiger partial charge in [-0.1, -0.05) is 0 Å². The summed E-state index contributed by atoms with van der Waals surface area (Å²) in [6.45, 7) is 0. The molecule has 2 rings (SSSR count). The number of aryl methyl sites for hydroxylation is 1. The Labute approximate surface area is 90.3 Å². The van der Waals surface area contributed by atoms with Crippen LogP contribution in [0.25, 0.3) is 11.3 Å². The Morgan fingerprint density at radius 1 is 1.31 bits per heavy atom. The highest BCUT2D eigenvalue weighted by Crippen LogP contribution is 2.22. The molecule has 0 radical (unpaired) electrons. The van der Waals surface area contributed by atoms with Gasteiger partial charge in [0.1, 0.15) is 17.3 Å². The molecule has 82 valence electrons. The Bertz CT molecular complexity index is 549. The molecule has 0 spiro atoms. The number of nitrogens with zero attached hydrogens (tertiary/aromatic N) is 2. The van der Waals surface area contributed by atoms with Crippen LogP contribution in [-0.4, -0.2) is 16.1 Å². The topological polar surface area (TPSA) is 34.9 Å². The van der Waals surface area contributed by atoms with Gasteiger partial charge in [-0.2, -0.15) is 5.10 Å². The van der Waals surface area contributed by atoms with Gasteiger partial charge in [0.15, 0.2) is 6.29 Å². The highest BCUT2D eigenvalue weighted by Gasteiger charge is 2.11. The predicted molar refractivity (Wildman–Crippen MR) is 53.9 cm³/mol. The summed E-state index contributed by atoms with van der Waals surface area (Å²) in [7, 11) is 1.56. The summed E-state index contributed by atoms with van der Waals surface area (Å²) in [5, 5.41) is 3.93. The van der Waals surface area contributed by atoms with Crippen molar-refractivity contribution in [2.75, 3.05) is 0 Å². The largest absolute Gasteiger partial charge is 0.296 e. The molecule has 0 aliphatic rings. The maximum absolute atomic E-state index is 13.4. The minimum atomic E-state index is -0.572. The van der Waals surface area contributed by atoms with Crippen molar-refractivity contribution in [3.63, 3.8) is 0 Å². The van der Waals surface area contributed by atoms with E-state index in [1.54, 1.807) is 7.05 Å². The molecule has 0 saturated carbocycles. The van der Waals surface area contributed by atoms with Crippen molar-refractivity contribution in [3.05, 3.63) is 41.6 Å². The van der Waals surface area contributed by atoms with Crippen molar-refractivity contribution in [1.29, 1.82) is 0 Å². The van der Waals surface area contributed by atoms with Crippen molar-refractivity contribution in [3.8, 4) is 11.3 Å². The molecule has 0 unspecified atom stereocenters. The lowest BCUT2D eigenvalue weighted by Gasteiger charge is -1.98. The van der Waals surface area contributed by atoms with E-state index in [1.165, 1.54) is 10.7 Å². The van der Waals surface area contributed by atoms with Crippen LogP contribution in [0, 0.1) is 11.6 Å². The zero-order valence-corrected chi connectivity index (χ0v) is 8.45. The van der Waals surface area contributed by atoms with Crippen molar-refractivity contribution in [2.24, 2.45) is 7.05 Å². The quantitative estimate of drug-likeness (QED) is 0.730. The van der Waals surface area contributed by atoms with Gasteiger partial charge in [-0.15, -0.1) is 0 Å². The van der Waals surface area contributed by atoms with E-state index in [1.807, 2.05) is 0 Å². The fourth-order valence-corrected chi connectivity index (χ4v) is 1.42. The smallest absolute Gasteiger partial charge is 0.168 e. The average Bonchev–Trinajstić information content (AvgIpc) is 2.63. The minimum absolute atomic E-state index is 0.0451. The van der Waals surface area contributed by atoms with Crippen LogP contribution in [0.1, 0.15) is 10.5 Å². The molecular weight excluding hydrogens is 214 g/mol. The summed E-state index contributed by atoms with van der Waals surface area (Å²) in [5.74, 6) is -1.12.